The number of unbranched alkanes of at least 4 members (excludes halogenated alkanes) is 7. The monoisotopic (exact) mass is 254 g/mol. The van der Waals surface area contributed by atoms with Crippen LogP contribution in [0, 0.1) is 0 Å². The molecule has 1 atom stereocenters. The molecule has 1 aliphatic heterocycles. The van der Waals surface area contributed by atoms with Gasteiger partial charge in [-0.15, -0.1) is 0 Å². The summed E-state index contributed by atoms with van der Waals surface area (Å²) in [6.45, 7) is 4.22. The standard InChI is InChI=1S/C15H30N2O/c1-3-4-5-6-7-8-9-10-11-16-14-12-15(18)17(2)13-14/h14,16H,3-13H2,1-2H3. The molecule has 0 aliphatic carbocycles. The van der Waals surface area contributed by atoms with Crippen molar-refractivity contribution in [1.82, 2.24) is 10.2 Å². The van der Waals surface area contributed by atoms with Crippen molar-refractivity contribution in [2.45, 2.75) is 70.8 Å². The highest BCUT2D eigenvalue weighted by Crippen LogP contribution is 2.10. The molecule has 106 valence electrons. The maximum atomic E-state index is 11.3. The van der Waals surface area contributed by atoms with Crippen molar-refractivity contribution in [3.8, 4) is 0 Å². The third-order valence-electron chi connectivity index (χ3n) is 3.80. The molecule has 1 amide bonds. The van der Waals surface area contributed by atoms with Crippen LogP contribution in [0.15, 0.2) is 0 Å². The summed E-state index contributed by atoms with van der Waals surface area (Å²) >= 11 is 0. The topological polar surface area (TPSA) is 32.3 Å². The average molecular weight is 254 g/mol. The lowest BCUT2D eigenvalue weighted by molar-refractivity contribution is -0.126. The van der Waals surface area contributed by atoms with Crippen molar-refractivity contribution in [3.63, 3.8) is 0 Å². The quantitative estimate of drug-likeness (QED) is 0.608. The van der Waals surface area contributed by atoms with Crippen LogP contribution in [0.25, 0.3) is 0 Å². The second-order valence-corrected chi connectivity index (χ2v) is 5.60. The Balaban J connectivity index is 1.83. The fraction of sp³-hybridized carbons (Fsp3) is 0.933. The minimum absolute atomic E-state index is 0.281. The minimum atomic E-state index is 0.281. The number of carbonyl (C=O) groups is 1. The maximum Gasteiger partial charge on any atom is 0.224 e. The number of likely N-dealkylation sites (N-methyl/N-ethyl adjacent to an activating group) is 1. The van der Waals surface area contributed by atoms with E-state index in [4.69, 9.17) is 0 Å². The van der Waals surface area contributed by atoms with Crippen LogP contribution < -0.4 is 5.32 Å². The van der Waals surface area contributed by atoms with Crippen LogP contribution in [0.1, 0.15) is 64.7 Å². The SMILES string of the molecule is CCCCCCCCCCNC1CC(=O)N(C)C1. The zero-order chi connectivity index (χ0) is 13.2. The van der Waals surface area contributed by atoms with E-state index in [9.17, 15) is 4.79 Å². The van der Waals surface area contributed by atoms with E-state index in [0.717, 1.165) is 13.1 Å². The number of hydrogen-bond donors (Lipinski definition) is 1. The highest BCUT2D eigenvalue weighted by atomic mass is 16.2. The Hall–Kier alpha value is -0.570. The van der Waals surface area contributed by atoms with E-state index >= 15 is 0 Å². The second kappa shape index (κ2) is 9.37. The molecule has 0 aromatic carbocycles. The van der Waals surface area contributed by atoms with Gasteiger partial charge in [0.2, 0.25) is 5.91 Å². The second-order valence-electron chi connectivity index (χ2n) is 5.60. The van der Waals surface area contributed by atoms with Crippen LogP contribution in [-0.2, 0) is 4.79 Å². The Morgan fingerprint density at radius 2 is 1.72 bits per heavy atom. The summed E-state index contributed by atoms with van der Waals surface area (Å²) in [6.07, 6.45) is 11.6. The van der Waals surface area contributed by atoms with Gasteiger partial charge in [-0.05, 0) is 13.0 Å². The highest BCUT2D eigenvalue weighted by Gasteiger charge is 2.25. The molecule has 1 heterocycles. The normalized spacial score (nSPS) is 19.8. The van der Waals surface area contributed by atoms with Crippen LogP contribution in [-0.4, -0.2) is 37.0 Å². The summed E-state index contributed by atoms with van der Waals surface area (Å²) in [5, 5.41) is 3.49. The molecule has 1 rings (SSSR count). The number of nitrogens with one attached hydrogen (secondary N) is 1. The molecule has 0 saturated carbocycles. The van der Waals surface area contributed by atoms with Crippen molar-refractivity contribution in [1.29, 1.82) is 0 Å². The van der Waals surface area contributed by atoms with Crippen molar-refractivity contribution in [2.24, 2.45) is 0 Å². The Morgan fingerprint density at radius 3 is 2.28 bits per heavy atom. The summed E-state index contributed by atoms with van der Waals surface area (Å²) in [6, 6.07) is 0.395. The molecule has 1 fully saturated rings. The Morgan fingerprint density at radius 1 is 1.11 bits per heavy atom. The predicted octanol–water partition coefficient (Wildman–Crippen LogP) is 2.95. The molecule has 0 bridgehead atoms. The van der Waals surface area contributed by atoms with Gasteiger partial charge < -0.3 is 10.2 Å². The lowest BCUT2D eigenvalue weighted by atomic mass is 10.1. The third kappa shape index (κ3) is 6.39. The largest absolute Gasteiger partial charge is 0.344 e. The van der Waals surface area contributed by atoms with E-state index in [-0.39, 0.29) is 5.91 Å². The molecule has 1 saturated heterocycles. The van der Waals surface area contributed by atoms with Gasteiger partial charge in [0.05, 0.1) is 0 Å². The van der Waals surface area contributed by atoms with Gasteiger partial charge in [-0.3, -0.25) is 4.79 Å². The van der Waals surface area contributed by atoms with Crippen LogP contribution in [0.2, 0.25) is 0 Å². The van der Waals surface area contributed by atoms with Crippen LogP contribution >= 0.6 is 0 Å². The highest BCUT2D eigenvalue weighted by molar-refractivity contribution is 5.78. The van der Waals surface area contributed by atoms with Crippen molar-refractivity contribution >= 4 is 5.91 Å². The fourth-order valence-corrected chi connectivity index (χ4v) is 2.57. The molecule has 0 aromatic heterocycles. The third-order valence-corrected chi connectivity index (χ3v) is 3.80. The summed E-state index contributed by atoms with van der Waals surface area (Å²) in [5.41, 5.74) is 0. The lowest BCUT2D eigenvalue weighted by Gasteiger charge is -2.12. The first-order valence-corrected chi connectivity index (χ1v) is 7.71. The number of nitrogens with zero attached hydrogens (tertiary/aromatic N) is 1. The van der Waals surface area contributed by atoms with E-state index in [1.165, 1.54) is 51.4 Å². The van der Waals surface area contributed by atoms with Gasteiger partial charge in [-0.2, -0.15) is 0 Å². The van der Waals surface area contributed by atoms with Gasteiger partial charge >= 0.3 is 0 Å². The number of likely N-dealkylation sites (tertiary alicyclic amines) is 1. The summed E-state index contributed by atoms with van der Waals surface area (Å²) < 4.78 is 0. The van der Waals surface area contributed by atoms with E-state index in [1.807, 2.05) is 11.9 Å². The van der Waals surface area contributed by atoms with E-state index in [2.05, 4.69) is 12.2 Å². The van der Waals surface area contributed by atoms with Crippen molar-refractivity contribution in [3.05, 3.63) is 0 Å². The van der Waals surface area contributed by atoms with Crippen molar-refractivity contribution in [2.75, 3.05) is 20.1 Å². The molecule has 3 heteroatoms. The molecule has 18 heavy (non-hydrogen) atoms. The van der Waals surface area contributed by atoms with Gasteiger partial charge in [0.25, 0.3) is 0 Å². The first kappa shape index (κ1) is 15.5. The maximum absolute atomic E-state index is 11.3. The molecule has 3 nitrogen and oxygen atoms in total. The zero-order valence-electron chi connectivity index (χ0n) is 12.2. The molecule has 1 aliphatic rings. The van der Waals surface area contributed by atoms with Gasteiger partial charge in [0.1, 0.15) is 0 Å². The van der Waals surface area contributed by atoms with Gasteiger partial charge in [-0.1, -0.05) is 51.9 Å². The van der Waals surface area contributed by atoms with Gasteiger partial charge in [0.15, 0.2) is 0 Å². The average Bonchev–Trinajstić information content (AvgIpc) is 2.67. The Bertz CT molecular complexity index is 231. The number of hydrogen-bond acceptors (Lipinski definition) is 2. The number of rotatable bonds is 10. The number of carbonyl (C=O) groups excluding carboxylic acids is 1. The Labute approximate surface area is 112 Å². The lowest BCUT2D eigenvalue weighted by Crippen LogP contribution is -2.32. The van der Waals surface area contributed by atoms with Crippen LogP contribution in [0.4, 0.5) is 0 Å². The molecular formula is C15H30N2O. The summed E-state index contributed by atoms with van der Waals surface area (Å²) in [7, 11) is 1.89. The first-order chi connectivity index (χ1) is 8.74. The van der Waals surface area contributed by atoms with E-state index in [1.54, 1.807) is 0 Å². The van der Waals surface area contributed by atoms with Crippen molar-refractivity contribution < 1.29 is 4.79 Å². The zero-order valence-corrected chi connectivity index (χ0v) is 12.2. The molecular weight excluding hydrogens is 224 g/mol. The van der Waals surface area contributed by atoms with Crippen LogP contribution in [0.5, 0.6) is 0 Å². The number of amides is 1. The van der Waals surface area contributed by atoms with Crippen LogP contribution in [0.3, 0.4) is 0 Å². The smallest absolute Gasteiger partial charge is 0.224 e. The molecule has 0 radical (unpaired) electrons. The van der Waals surface area contributed by atoms with Gasteiger partial charge in [0, 0.05) is 26.1 Å². The molecule has 1 N–H and O–H groups in total. The fourth-order valence-electron chi connectivity index (χ4n) is 2.57. The van der Waals surface area contributed by atoms with Gasteiger partial charge in [-0.25, -0.2) is 0 Å². The Kier molecular flexibility index (Phi) is 8.06. The summed E-state index contributed by atoms with van der Waals surface area (Å²) in [5.74, 6) is 0.281. The molecule has 0 spiro atoms. The minimum Gasteiger partial charge on any atom is -0.344 e. The van der Waals surface area contributed by atoms with E-state index in [0.29, 0.717) is 12.5 Å². The molecule has 0 aromatic rings. The first-order valence-electron chi connectivity index (χ1n) is 7.71. The molecule has 1 unspecified atom stereocenters. The van der Waals surface area contributed by atoms with E-state index < -0.39 is 0 Å². The predicted molar refractivity (Wildman–Crippen MR) is 76.7 cm³/mol. The summed E-state index contributed by atoms with van der Waals surface area (Å²) in [4.78, 5) is 13.2.